The molecule has 0 bridgehead atoms. The third-order valence-electron chi connectivity index (χ3n) is 2.35. The van der Waals surface area contributed by atoms with Gasteiger partial charge >= 0.3 is 5.97 Å². The molecule has 0 aliphatic heterocycles. The van der Waals surface area contributed by atoms with Crippen molar-refractivity contribution in [1.29, 1.82) is 0 Å². The zero-order valence-corrected chi connectivity index (χ0v) is 9.99. The predicted octanol–water partition coefficient (Wildman–Crippen LogP) is 0.410. The number of aromatic carboxylic acids is 1. The van der Waals surface area contributed by atoms with Crippen LogP contribution in [0.1, 0.15) is 10.5 Å². The molecule has 0 atom stereocenters. The van der Waals surface area contributed by atoms with Gasteiger partial charge in [-0.15, -0.1) is 0 Å². The molecule has 0 aliphatic carbocycles. The van der Waals surface area contributed by atoms with Crippen molar-refractivity contribution in [2.75, 3.05) is 18.6 Å². The fourth-order valence-corrected chi connectivity index (χ4v) is 1.44. The molecule has 98 valence electrons. The molecule has 2 aromatic rings. The largest absolute Gasteiger partial charge is 0.478 e. The Labute approximate surface area is 108 Å². The fraction of sp³-hybridized carbons (Fsp3) is 0.0909. The monoisotopic (exact) mass is 261 g/mol. The highest BCUT2D eigenvalue weighted by Crippen LogP contribution is 2.22. The first kappa shape index (κ1) is 12.6. The summed E-state index contributed by atoms with van der Waals surface area (Å²) in [7, 11) is 1.41. The highest BCUT2D eigenvalue weighted by Gasteiger charge is 2.13. The lowest BCUT2D eigenvalue weighted by atomic mass is 10.2. The maximum atomic E-state index is 11.0. The van der Waals surface area contributed by atoms with Crippen molar-refractivity contribution in [2.24, 2.45) is 0 Å². The standard InChI is InChI=1S/C11H11N5O3/c1-19-10-9(13)14-4-7(16-10)6-3-2-5(12)8(15-6)11(17)18/h2-4H,12H2,1H3,(H2,13,14)(H,17,18). The van der Waals surface area contributed by atoms with Gasteiger partial charge in [0.25, 0.3) is 5.88 Å². The first-order valence-electron chi connectivity index (χ1n) is 5.19. The Morgan fingerprint density at radius 3 is 2.63 bits per heavy atom. The van der Waals surface area contributed by atoms with Gasteiger partial charge in [0, 0.05) is 0 Å². The van der Waals surface area contributed by atoms with Gasteiger partial charge in [0.1, 0.15) is 5.69 Å². The number of hydrogen-bond donors (Lipinski definition) is 3. The number of carboxylic acids is 1. The van der Waals surface area contributed by atoms with Crippen LogP contribution in [0, 0.1) is 0 Å². The van der Waals surface area contributed by atoms with Crippen LogP contribution in [0.2, 0.25) is 0 Å². The number of ether oxygens (including phenoxy) is 1. The zero-order valence-electron chi connectivity index (χ0n) is 9.99. The number of nitrogen functional groups attached to an aromatic ring is 2. The Kier molecular flexibility index (Phi) is 3.15. The lowest BCUT2D eigenvalue weighted by molar-refractivity contribution is 0.0692. The number of nitrogens with two attached hydrogens (primary N) is 2. The van der Waals surface area contributed by atoms with Gasteiger partial charge in [0.15, 0.2) is 11.5 Å². The lowest BCUT2D eigenvalue weighted by Gasteiger charge is -2.06. The number of methoxy groups -OCH3 is 1. The number of hydrogen-bond acceptors (Lipinski definition) is 7. The maximum absolute atomic E-state index is 11.0. The molecule has 8 nitrogen and oxygen atoms in total. The minimum atomic E-state index is -1.21. The molecule has 8 heteroatoms. The van der Waals surface area contributed by atoms with E-state index >= 15 is 0 Å². The molecular formula is C11H11N5O3. The summed E-state index contributed by atoms with van der Waals surface area (Å²) < 4.78 is 4.94. The van der Waals surface area contributed by atoms with Crippen molar-refractivity contribution in [3.63, 3.8) is 0 Å². The molecule has 0 aliphatic rings. The van der Waals surface area contributed by atoms with Gasteiger partial charge in [-0.05, 0) is 12.1 Å². The molecule has 0 saturated heterocycles. The average Bonchev–Trinajstić information content (AvgIpc) is 2.39. The Morgan fingerprint density at radius 2 is 2.00 bits per heavy atom. The number of carboxylic acid groups (broad SMARTS) is 1. The normalized spacial score (nSPS) is 10.2. The summed E-state index contributed by atoms with van der Waals surface area (Å²) >= 11 is 0. The smallest absolute Gasteiger partial charge is 0.356 e. The molecule has 0 amide bonds. The van der Waals surface area contributed by atoms with Crippen LogP contribution >= 0.6 is 0 Å². The van der Waals surface area contributed by atoms with E-state index in [-0.39, 0.29) is 23.1 Å². The van der Waals surface area contributed by atoms with Crippen LogP contribution < -0.4 is 16.2 Å². The van der Waals surface area contributed by atoms with E-state index in [1.54, 1.807) is 6.07 Å². The summed E-state index contributed by atoms with van der Waals surface area (Å²) in [5.74, 6) is -0.928. The molecule has 0 spiro atoms. The number of aromatic nitrogens is 3. The van der Waals surface area contributed by atoms with Crippen molar-refractivity contribution in [1.82, 2.24) is 15.0 Å². The molecule has 2 heterocycles. The van der Waals surface area contributed by atoms with Gasteiger partial charge < -0.3 is 21.3 Å². The second-order valence-electron chi connectivity index (χ2n) is 3.59. The van der Waals surface area contributed by atoms with Crippen LogP contribution in [0.25, 0.3) is 11.4 Å². The average molecular weight is 261 g/mol. The number of pyridine rings is 1. The fourth-order valence-electron chi connectivity index (χ4n) is 1.44. The molecule has 0 aromatic carbocycles. The zero-order chi connectivity index (χ0) is 14.0. The van der Waals surface area contributed by atoms with E-state index in [0.717, 1.165) is 0 Å². The minimum absolute atomic E-state index is 0.0756. The van der Waals surface area contributed by atoms with Gasteiger partial charge in [-0.3, -0.25) is 0 Å². The molecule has 19 heavy (non-hydrogen) atoms. The molecule has 5 N–H and O–H groups in total. The summed E-state index contributed by atoms with van der Waals surface area (Å²) in [5.41, 5.74) is 11.6. The van der Waals surface area contributed by atoms with Crippen LogP contribution in [-0.4, -0.2) is 33.1 Å². The molecule has 0 radical (unpaired) electrons. The number of anilines is 2. The van der Waals surface area contributed by atoms with Gasteiger partial charge in [-0.2, -0.15) is 0 Å². The van der Waals surface area contributed by atoms with Crippen LogP contribution in [0.3, 0.4) is 0 Å². The van der Waals surface area contributed by atoms with Gasteiger partial charge in [-0.1, -0.05) is 0 Å². The number of rotatable bonds is 3. The number of nitrogens with zero attached hydrogens (tertiary/aromatic N) is 3. The van der Waals surface area contributed by atoms with Crippen molar-refractivity contribution >= 4 is 17.5 Å². The maximum Gasteiger partial charge on any atom is 0.356 e. The highest BCUT2D eigenvalue weighted by atomic mass is 16.5. The number of carbonyl (C=O) groups is 1. The quantitative estimate of drug-likeness (QED) is 0.722. The highest BCUT2D eigenvalue weighted by molar-refractivity contribution is 5.92. The van der Waals surface area contributed by atoms with E-state index in [9.17, 15) is 4.79 Å². The Hall–Kier alpha value is -2.90. The van der Waals surface area contributed by atoms with E-state index < -0.39 is 5.97 Å². The van der Waals surface area contributed by atoms with E-state index in [2.05, 4.69) is 15.0 Å². The van der Waals surface area contributed by atoms with Crippen LogP contribution in [0.5, 0.6) is 5.88 Å². The summed E-state index contributed by atoms with van der Waals surface area (Å²) in [6.45, 7) is 0. The second kappa shape index (κ2) is 4.77. The SMILES string of the molecule is COc1nc(-c2ccc(N)c(C(=O)O)n2)cnc1N. The molecule has 0 fully saturated rings. The third kappa shape index (κ3) is 2.37. The van der Waals surface area contributed by atoms with Crippen molar-refractivity contribution in [3.05, 3.63) is 24.0 Å². The summed E-state index contributed by atoms with van der Waals surface area (Å²) in [6, 6.07) is 2.98. The summed E-state index contributed by atoms with van der Waals surface area (Å²) in [4.78, 5) is 22.9. The van der Waals surface area contributed by atoms with Crippen molar-refractivity contribution in [2.45, 2.75) is 0 Å². The van der Waals surface area contributed by atoms with E-state index in [4.69, 9.17) is 21.3 Å². The topological polar surface area (TPSA) is 137 Å². The van der Waals surface area contributed by atoms with Crippen LogP contribution in [-0.2, 0) is 0 Å². The van der Waals surface area contributed by atoms with E-state index in [1.165, 1.54) is 19.4 Å². The molecule has 0 saturated carbocycles. The molecular weight excluding hydrogens is 250 g/mol. The molecule has 0 unspecified atom stereocenters. The van der Waals surface area contributed by atoms with E-state index in [1.807, 2.05) is 0 Å². The Bertz CT molecular complexity index is 644. The summed E-state index contributed by atoms with van der Waals surface area (Å²) in [6.07, 6.45) is 1.38. The molecule has 2 rings (SSSR count). The van der Waals surface area contributed by atoms with E-state index in [0.29, 0.717) is 11.4 Å². The van der Waals surface area contributed by atoms with Gasteiger partial charge in [0.05, 0.1) is 24.7 Å². The third-order valence-corrected chi connectivity index (χ3v) is 2.35. The van der Waals surface area contributed by atoms with Gasteiger partial charge in [0.2, 0.25) is 0 Å². The Morgan fingerprint density at radius 1 is 1.26 bits per heavy atom. The van der Waals surface area contributed by atoms with Crippen LogP contribution in [0.15, 0.2) is 18.3 Å². The van der Waals surface area contributed by atoms with Crippen LogP contribution in [0.4, 0.5) is 11.5 Å². The Balaban J connectivity index is 2.53. The van der Waals surface area contributed by atoms with Crippen molar-refractivity contribution < 1.29 is 14.6 Å². The minimum Gasteiger partial charge on any atom is -0.478 e. The first-order chi connectivity index (χ1) is 9.02. The molecule has 2 aromatic heterocycles. The summed E-state index contributed by atoms with van der Waals surface area (Å²) in [5, 5.41) is 8.96. The second-order valence-corrected chi connectivity index (χ2v) is 3.59. The predicted molar refractivity (Wildman–Crippen MR) is 67.6 cm³/mol. The first-order valence-corrected chi connectivity index (χ1v) is 5.19. The van der Waals surface area contributed by atoms with Crippen molar-refractivity contribution in [3.8, 4) is 17.3 Å². The van der Waals surface area contributed by atoms with Gasteiger partial charge in [-0.25, -0.2) is 19.7 Å². The lowest BCUT2D eigenvalue weighted by Crippen LogP contribution is -2.07.